The second-order valence-corrected chi connectivity index (χ2v) is 6.88. The minimum atomic E-state index is -0.307. The van der Waals surface area contributed by atoms with Gasteiger partial charge in [-0.15, -0.1) is 0 Å². The fraction of sp³-hybridized carbons (Fsp3) is 0.143. The molecule has 27 heavy (non-hydrogen) atoms. The molecule has 2 aromatic carbocycles. The molecule has 0 aliphatic rings. The van der Waals surface area contributed by atoms with Crippen LogP contribution in [-0.2, 0) is 0 Å². The molecule has 4 aromatic rings. The van der Waals surface area contributed by atoms with Crippen LogP contribution >= 0.6 is 11.6 Å². The topological polar surface area (TPSA) is 60.1 Å². The molecule has 0 radical (unpaired) electrons. The van der Waals surface area contributed by atoms with Gasteiger partial charge in [-0.3, -0.25) is 4.79 Å². The fourth-order valence-corrected chi connectivity index (χ4v) is 3.40. The van der Waals surface area contributed by atoms with Crippen LogP contribution in [-0.4, -0.2) is 15.7 Å². The molecule has 0 saturated carbocycles. The number of benzene rings is 2. The zero-order chi connectivity index (χ0) is 19.1. The van der Waals surface area contributed by atoms with Crippen molar-refractivity contribution >= 4 is 34.2 Å². The summed E-state index contributed by atoms with van der Waals surface area (Å²) >= 11 is 6.06. The van der Waals surface area contributed by atoms with Gasteiger partial charge in [0.2, 0.25) is 0 Å². The number of nitrogens with zero attached hydrogens (tertiary/aromatic N) is 2. The molecular weight excluding hydrogens is 362 g/mol. The molecule has 1 N–H and O–H groups in total. The Morgan fingerprint density at radius 3 is 2.59 bits per heavy atom. The van der Waals surface area contributed by atoms with Crippen LogP contribution in [0.1, 0.15) is 27.5 Å². The smallest absolute Gasteiger partial charge is 0.291 e. The van der Waals surface area contributed by atoms with Crippen LogP contribution < -0.4 is 5.32 Å². The number of furan rings is 1. The molecule has 1 amide bonds. The number of fused-ring (bicyclic) bond motifs is 1. The van der Waals surface area contributed by atoms with Crippen molar-refractivity contribution in [3.8, 4) is 5.69 Å². The first-order valence-electron chi connectivity index (χ1n) is 8.57. The van der Waals surface area contributed by atoms with E-state index >= 15 is 0 Å². The monoisotopic (exact) mass is 379 g/mol. The quantitative estimate of drug-likeness (QED) is 0.515. The third kappa shape index (κ3) is 3.00. The zero-order valence-electron chi connectivity index (χ0n) is 15.2. The van der Waals surface area contributed by atoms with E-state index in [1.165, 1.54) is 0 Å². The van der Waals surface area contributed by atoms with Gasteiger partial charge >= 0.3 is 0 Å². The van der Waals surface area contributed by atoms with Crippen LogP contribution in [0.2, 0.25) is 5.02 Å². The Bertz CT molecular complexity index is 1160. The van der Waals surface area contributed by atoms with E-state index in [1.807, 2.05) is 55.8 Å². The number of aryl methyl sites for hydroxylation is 2. The fourth-order valence-electron chi connectivity index (χ4n) is 3.22. The van der Waals surface area contributed by atoms with E-state index in [2.05, 4.69) is 10.4 Å². The van der Waals surface area contributed by atoms with Crippen molar-refractivity contribution in [1.82, 2.24) is 9.78 Å². The molecule has 0 bridgehead atoms. The number of hydrogen-bond acceptors (Lipinski definition) is 3. The lowest BCUT2D eigenvalue weighted by Crippen LogP contribution is -2.13. The van der Waals surface area contributed by atoms with Gasteiger partial charge in [0, 0.05) is 16.0 Å². The standard InChI is InChI=1S/C21H18ClN3O2/c1-12-17-11-15(22)9-10-18(17)27-20(12)21(26)23-19-13(2)24-25(14(19)3)16-7-5-4-6-8-16/h4-11H,1-3H3,(H,23,26). The molecule has 0 saturated heterocycles. The highest BCUT2D eigenvalue weighted by Crippen LogP contribution is 2.29. The van der Waals surface area contributed by atoms with Crippen LogP contribution in [0.15, 0.2) is 52.9 Å². The summed E-state index contributed by atoms with van der Waals surface area (Å²) < 4.78 is 7.58. The number of anilines is 1. The molecule has 0 aliphatic heterocycles. The molecule has 136 valence electrons. The normalized spacial score (nSPS) is 11.1. The highest BCUT2D eigenvalue weighted by atomic mass is 35.5. The van der Waals surface area contributed by atoms with Crippen molar-refractivity contribution in [3.63, 3.8) is 0 Å². The maximum absolute atomic E-state index is 12.9. The number of carbonyl (C=O) groups excluding carboxylic acids is 1. The molecule has 4 rings (SSSR count). The van der Waals surface area contributed by atoms with Gasteiger partial charge < -0.3 is 9.73 Å². The van der Waals surface area contributed by atoms with E-state index in [9.17, 15) is 4.79 Å². The van der Waals surface area contributed by atoms with Crippen molar-refractivity contribution in [2.45, 2.75) is 20.8 Å². The van der Waals surface area contributed by atoms with Crippen LogP contribution in [0.3, 0.4) is 0 Å². The lowest BCUT2D eigenvalue weighted by Gasteiger charge is -2.06. The van der Waals surface area contributed by atoms with E-state index in [0.717, 1.165) is 28.0 Å². The number of carbonyl (C=O) groups is 1. The molecule has 0 atom stereocenters. The number of nitrogens with one attached hydrogen (secondary N) is 1. The van der Waals surface area contributed by atoms with Gasteiger partial charge in [0.1, 0.15) is 5.58 Å². The first-order chi connectivity index (χ1) is 13.0. The first-order valence-corrected chi connectivity index (χ1v) is 8.95. The predicted molar refractivity (Wildman–Crippen MR) is 107 cm³/mol. The van der Waals surface area contributed by atoms with Gasteiger partial charge in [-0.25, -0.2) is 4.68 Å². The molecular formula is C21H18ClN3O2. The Morgan fingerprint density at radius 1 is 1.11 bits per heavy atom. The molecule has 0 unspecified atom stereocenters. The maximum Gasteiger partial charge on any atom is 0.291 e. The number of amides is 1. The highest BCUT2D eigenvalue weighted by Gasteiger charge is 2.21. The summed E-state index contributed by atoms with van der Waals surface area (Å²) in [6.45, 7) is 5.64. The Labute approximate surface area is 161 Å². The lowest BCUT2D eigenvalue weighted by atomic mass is 10.1. The Hall–Kier alpha value is -3.05. The van der Waals surface area contributed by atoms with Crippen LogP contribution in [0, 0.1) is 20.8 Å². The first kappa shape index (κ1) is 17.4. The number of aromatic nitrogens is 2. The summed E-state index contributed by atoms with van der Waals surface area (Å²) in [5, 5.41) is 8.95. The minimum Gasteiger partial charge on any atom is -0.451 e. The SMILES string of the molecule is Cc1nn(-c2ccccc2)c(C)c1NC(=O)c1oc2ccc(Cl)cc2c1C. The predicted octanol–water partition coefficient (Wildman–Crippen LogP) is 5.45. The third-order valence-corrected chi connectivity index (χ3v) is 4.87. The summed E-state index contributed by atoms with van der Waals surface area (Å²) in [5.74, 6) is -0.0304. The molecule has 6 heteroatoms. The Balaban J connectivity index is 1.70. The van der Waals surface area contributed by atoms with Crippen molar-refractivity contribution < 1.29 is 9.21 Å². The van der Waals surface area contributed by atoms with Crippen LogP contribution in [0.25, 0.3) is 16.7 Å². The summed E-state index contributed by atoms with van der Waals surface area (Å²) in [6.07, 6.45) is 0. The van der Waals surface area contributed by atoms with Gasteiger partial charge in [-0.1, -0.05) is 29.8 Å². The lowest BCUT2D eigenvalue weighted by molar-refractivity contribution is 0.0997. The van der Waals surface area contributed by atoms with Gasteiger partial charge in [0.15, 0.2) is 5.76 Å². The van der Waals surface area contributed by atoms with Crippen LogP contribution in [0.4, 0.5) is 5.69 Å². The number of halogens is 1. The summed E-state index contributed by atoms with van der Waals surface area (Å²) in [4.78, 5) is 12.9. The molecule has 0 aliphatic carbocycles. The van der Waals surface area contributed by atoms with Gasteiger partial charge in [0.25, 0.3) is 5.91 Å². The minimum absolute atomic E-state index is 0.276. The van der Waals surface area contributed by atoms with E-state index in [4.69, 9.17) is 16.0 Å². The van der Waals surface area contributed by atoms with Gasteiger partial charge in [0.05, 0.1) is 22.8 Å². The molecule has 0 spiro atoms. The Kier molecular flexibility index (Phi) is 4.24. The zero-order valence-corrected chi connectivity index (χ0v) is 16.0. The third-order valence-electron chi connectivity index (χ3n) is 4.64. The second kappa shape index (κ2) is 6.59. The van der Waals surface area contributed by atoms with Crippen LogP contribution in [0.5, 0.6) is 0 Å². The summed E-state index contributed by atoms with van der Waals surface area (Å²) in [6, 6.07) is 15.1. The van der Waals surface area contributed by atoms with Gasteiger partial charge in [-0.05, 0) is 51.1 Å². The average Bonchev–Trinajstić information content (AvgIpc) is 3.14. The number of hydrogen-bond donors (Lipinski definition) is 1. The maximum atomic E-state index is 12.9. The van der Waals surface area contributed by atoms with E-state index in [1.54, 1.807) is 18.2 Å². The molecule has 5 nitrogen and oxygen atoms in total. The van der Waals surface area contributed by atoms with E-state index in [0.29, 0.717) is 16.3 Å². The van der Waals surface area contributed by atoms with Crippen molar-refractivity contribution in [1.29, 1.82) is 0 Å². The van der Waals surface area contributed by atoms with Crippen molar-refractivity contribution in [2.75, 3.05) is 5.32 Å². The Morgan fingerprint density at radius 2 is 1.85 bits per heavy atom. The summed E-state index contributed by atoms with van der Waals surface area (Å²) in [5.41, 5.74) is 4.60. The number of para-hydroxylation sites is 1. The van der Waals surface area contributed by atoms with Gasteiger partial charge in [-0.2, -0.15) is 5.10 Å². The largest absolute Gasteiger partial charge is 0.451 e. The second-order valence-electron chi connectivity index (χ2n) is 6.44. The highest BCUT2D eigenvalue weighted by molar-refractivity contribution is 6.31. The molecule has 2 heterocycles. The molecule has 0 fully saturated rings. The average molecular weight is 380 g/mol. The van der Waals surface area contributed by atoms with E-state index in [-0.39, 0.29) is 11.7 Å². The van der Waals surface area contributed by atoms with Crippen molar-refractivity contribution in [3.05, 3.63) is 76.3 Å². The molecule has 2 aromatic heterocycles. The number of rotatable bonds is 3. The van der Waals surface area contributed by atoms with E-state index < -0.39 is 0 Å². The van der Waals surface area contributed by atoms with Crippen molar-refractivity contribution in [2.24, 2.45) is 0 Å². The summed E-state index contributed by atoms with van der Waals surface area (Å²) in [7, 11) is 0.